The van der Waals surface area contributed by atoms with Gasteiger partial charge in [0.05, 0.1) is 11.6 Å². The van der Waals surface area contributed by atoms with Crippen molar-refractivity contribution in [3.05, 3.63) is 18.6 Å². The lowest BCUT2D eigenvalue weighted by molar-refractivity contribution is -0.143. The zero-order chi connectivity index (χ0) is 15.9. The molecule has 23 heavy (non-hydrogen) atoms. The minimum absolute atomic E-state index is 0.125. The Bertz CT molecular complexity index is 580. The number of hydrogen-bond donors (Lipinski definition) is 2. The second-order valence-corrected chi connectivity index (χ2v) is 9.35. The molecule has 0 aromatic carbocycles. The number of anilines is 1. The number of amides is 1. The van der Waals surface area contributed by atoms with E-state index in [0.29, 0.717) is 13.1 Å². The largest absolute Gasteiger partial charge is 0.367 e. The van der Waals surface area contributed by atoms with Crippen LogP contribution >= 0.6 is 15.9 Å². The van der Waals surface area contributed by atoms with Crippen molar-refractivity contribution < 1.29 is 4.79 Å². The van der Waals surface area contributed by atoms with Crippen LogP contribution in [0.2, 0.25) is 0 Å². The Kier molecular flexibility index (Phi) is 3.82. The molecule has 2 unspecified atom stereocenters. The predicted molar refractivity (Wildman–Crippen MR) is 92.3 cm³/mol. The molecule has 6 heteroatoms. The molecule has 2 N–H and O–H groups in total. The number of rotatable bonds is 5. The van der Waals surface area contributed by atoms with Crippen molar-refractivity contribution in [2.75, 3.05) is 18.4 Å². The zero-order valence-corrected chi connectivity index (χ0v) is 14.8. The Balaban J connectivity index is 1.32. The molecule has 5 nitrogen and oxygen atoms in total. The highest BCUT2D eigenvalue weighted by Gasteiger charge is 2.59. The molecule has 0 radical (unpaired) electrons. The van der Waals surface area contributed by atoms with Crippen LogP contribution in [0.5, 0.6) is 0 Å². The number of halogens is 1. The fraction of sp³-hybridized carbons (Fsp3) is 0.706. The summed E-state index contributed by atoms with van der Waals surface area (Å²) in [6.45, 7) is 1.30. The Hall–Kier alpha value is -1.17. The van der Waals surface area contributed by atoms with E-state index in [-0.39, 0.29) is 15.6 Å². The van der Waals surface area contributed by atoms with E-state index in [1.54, 1.807) is 18.6 Å². The van der Waals surface area contributed by atoms with Gasteiger partial charge in [0.15, 0.2) is 0 Å². The van der Waals surface area contributed by atoms with Crippen LogP contribution in [-0.2, 0) is 4.79 Å². The SMILES string of the molecule is O=C(NCCNc1cnccn1)C12CC3CC(CC(Br)(C3)C1)C2. The molecule has 4 fully saturated rings. The molecule has 1 aromatic rings. The van der Waals surface area contributed by atoms with Crippen molar-refractivity contribution in [2.45, 2.75) is 42.8 Å². The molecule has 1 amide bonds. The molecule has 0 saturated heterocycles. The van der Waals surface area contributed by atoms with Crippen molar-refractivity contribution in [2.24, 2.45) is 17.3 Å². The molecule has 1 aromatic heterocycles. The minimum Gasteiger partial charge on any atom is -0.367 e. The maximum absolute atomic E-state index is 12.9. The lowest BCUT2D eigenvalue weighted by Gasteiger charge is -2.59. The molecule has 0 spiro atoms. The molecule has 4 aliphatic rings. The molecule has 2 atom stereocenters. The standard InChI is InChI=1S/C17H23BrN4O/c18-17-8-12-5-13(9-17)7-16(6-12,11-17)15(23)22-4-3-21-14-10-19-1-2-20-14/h1-2,10,12-13H,3-9,11H2,(H,20,21)(H,22,23). The first-order valence-corrected chi connectivity index (χ1v) is 9.33. The maximum atomic E-state index is 12.9. The van der Waals surface area contributed by atoms with Gasteiger partial charge in [-0.15, -0.1) is 0 Å². The summed E-state index contributed by atoms with van der Waals surface area (Å²) in [5.41, 5.74) is -0.125. The van der Waals surface area contributed by atoms with E-state index in [1.165, 1.54) is 19.3 Å². The number of nitrogens with zero attached hydrogens (tertiary/aromatic N) is 2. The highest BCUT2D eigenvalue weighted by atomic mass is 79.9. The predicted octanol–water partition coefficient (Wildman–Crippen LogP) is 2.74. The van der Waals surface area contributed by atoms with Gasteiger partial charge in [0.1, 0.15) is 5.82 Å². The van der Waals surface area contributed by atoms with Crippen LogP contribution in [-0.4, -0.2) is 33.3 Å². The summed E-state index contributed by atoms with van der Waals surface area (Å²) in [5, 5.41) is 6.34. The van der Waals surface area contributed by atoms with E-state index < -0.39 is 0 Å². The monoisotopic (exact) mass is 378 g/mol. The average Bonchev–Trinajstić information content (AvgIpc) is 2.50. The second-order valence-electron chi connectivity index (χ2n) is 7.67. The molecule has 4 bridgehead atoms. The van der Waals surface area contributed by atoms with Gasteiger partial charge in [0.2, 0.25) is 5.91 Å². The van der Waals surface area contributed by atoms with Gasteiger partial charge in [-0.25, -0.2) is 4.98 Å². The topological polar surface area (TPSA) is 66.9 Å². The Morgan fingerprint density at radius 3 is 2.65 bits per heavy atom. The van der Waals surface area contributed by atoms with E-state index in [1.807, 2.05) is 0 Å². The smallest absolute Gasteiger partial charge is 0.226 e. The van der Waals surface area contributed by atoms with Crippen molar-refractivity contribution >= 4 is 27.7 Å². The van der Waals surface area contributed by atoms with Gasteiger partial charge in [-0.2, -0.15) is 0 Å². The fourth-order valence-electron chi connectivity index (χ4n) is 5.36. The first-order valence-electron chi connectivity index (χ1n) is 8.54. The first-order chi connectivity index (χ1) is 11.1. The van der Waals surface area contributed by atoms with E-state index in [2.05, 4.69) is 36.5 Å². The van der Waals surface area contributed by atoms with Crippen molar-refractivity contribution in [3.8, 4) is 0 Å². The number of nitrogens with one attached hydrogen (secondary N) is 2. The summed E-state index contributed by atoms with van der Waals surface area (Å²) in [6.07, 6.45) is 12.0. The van der Waals surface area contributed by atoms with Crippen LogP contribution in [0, 0.1) is 17.3 Å². The second kappa shape index (κ2) is 5.72. The number of alkyl halides is 1. The summed E-state index contributed by atoms with van der Waals surface area (Å²) in [5.74, 6) is 2.48. The number of carbonyl (C=O) groups is 1. The molecular weight excluding hydrogens is 356 g/mol. The van der Waals surface area contributed by atoms with Gasteiger partial charge in [-0.3, -0.25) is 9.78 Å². The van der Waals surface area contributed by atoms with E-state index >= 15 is 0 Å². The zero-order valence-electron chi connectivity index (χ0n) is 13.2. The molecule has 124 valence electrons. The third kappa shape index (κ3) is 2.97. The normalized spacial score (nSPS) is 37.6. The molecule has 1 heterocycles. The van der Waals surface area contributed by atoms with Crippen molar-refractivity contribution in [1.29, 1.82) is 0 Å². The summed E-state index contributed by atoms with van der Waals surface area (Å²) in [7, 11) is 0. The molecule has 4 aliphatic carbocycles. The lowest BCUT2D eigenvalue weighted by Crippen LogP contribution is -2.58. The molecule has 4 saturated carbocycles. The average molecular weight is 379 g/mol. The van der Waals surface area contributed by atoms with Crippen LogP contribution < -0.4 is 10.6 Å². The molecule has 0 aliphatic heterocycles. The van der Waals surface area contributed by atoms with Crippen LogP contribution in [0.25, 0.3) is 0 Å². The highest BCUT2D eigenvalue weighted by Crippen LogP contribution is 2.64. The van der Waals surface area contributed by atoms with Gasteiger partial charge in [-0.1, -0.05) is 15.9 Å². The van der Waals surface area contributed by atoms with Crippen LogP contribution in [0.15, 0.2) is 18.6 Å². The lowest BCUT2D eigenvalue weighted by atomic mass is 9.49. The first kappa shape index (κ1) is 15.4. The van der Waals surface area contributed by atoms with Crippen LogP contribution in [0.1, 0.15) is 38.5 Å². The van der Waals surface area contributed by atoms with Crippen LogP contribution in [0.4, 0.5) is 5.82 Å². The Morgan fingerprint density at radius 1 is 1.22 bits per heavy atom. The highest BCUT2D eigenvalue weighted by molar-refractivity contribution is 9.10. The minimum atomic E-state index is -0.125. The quantitative estimate of drug-likeness (QED) is 0.610. The molecular formula is C17H23BrN4O. The summed E-state index contributed by atoms with van der Waals surface area (Å²) in [4.78, 5) is 21.0. The third-order valence-corrected chi connectivity index (χ3v) is 6.68. The fourth-order valence-corrected chi connectivity index (χ4v) is 6.81. The Labute approximate surface area is 145 Å². The maximum Gasteiger partial charge on any atom is 0.226 e. The van der Waals surface area contributed by atoms with Gasteiger partial charge in [-0.05, 0) is 50.4 Å². The van der Waals surface area contributed by atoms with Crippen LogP contribution in [0.3, 0.4) is 0 Å². The van der Waals surface area contributed by atoms with Gasteiger partial charge in [0, 0.05) is 29.8 Å². The van der Waals surface area contributed by atoms with E-state index in [9.17, 15) is 4.79 Å². The van der Waals surface area contributed by atoms with E-state index in [4.69, 9.17) is 0 Å². The summed E-state index contributed by atoms with van der Waals surface area (Å²) in [6, 6.07) is 0. The number of hydrogen-bond acceptors (Lipinski definition) is 4. The summed E-state index contributed by atoms with van der Waals surface area (Å²) >= 11 is 3.97. The Morgan fingerprint density at radius 2 is 2.00 bits per heavy atom. The van der Waals surface area contributed by atoms with Gasteiger partial charge in [0.25, 0.3) is 0 Å². The van der Waals surface area contributed by atoms with Gasteiger partial charge >= 0.3 is 0 Å². The molecule has 5 rings (SSSR count). The third-order valence-electron chi connectivity index (χ3n) is 5.75. The number of aromatic nitrogens is 2. The van der Waals surface area contributed by atoms with E-state index in [0.717, 1.165) is 36.9 Å². The van der Waals surface area contributed by atoms with Crippen molar-refractivity contribution in [3.63, 3.8) is 0 Å². The van der Waals surface area contributed by atoms with Gasteiger partial charge < -0.3 is 10.6 Å². The van der Waals surface area contributed by atoms with Crippen molar-refractivity contribution in [1.82, 2.24) is 15.3 Å². The number of carbonyl (C=O) groups excluding carboxylic acids is 1. The summed E-state index contributed by atoms with van der Waals surface area (Å²) < 4.78 is 0.228.